The molecule has 0 radical (unpaired) electrons. The lowest BCUT2D eigenvalue weighted by Gasteiger charge is -2.37. The van der Waals surface area contributed by atoms with Gasteiger partial charge in [0.15, 0.2) is 0 Å². The Morgan fingerprint density at radius 1 is 1.00 bits per heavy atom. The van der Waals surface area contributed by atoms with Crippen molar-refractivity contribution in [3.05, 3.63) is 89.0 Å². The molecular weight excluding hydrogens is 486 g/mol. The molecule has 3 aromatic rings. The summed E-state index contributed by atoms with van der Waals surface area (Å²) in [4.78, 5) is 33.7. The molecule has 39 heavy (non-hydrogen) atoms. The van der Waals surface area contributed by atoms with Crippen molar-refractivity contribution in [2.24, 2.45) is 5.73 Å². The number of nitrogens with two attached hydrogens (primary N) is 1. The number of aromatic nitrogens is 2. The second-order valence-electron chi connectivity index (χ2n) is 12.2. The molecule has 7 heteroatoms. The second kappa shape index (κ2) is 11.3. The molecule has 1 saturated carbocycles. The second-order valence-corrected chi connectivity index (χ2v) is 12.2. The first-order valence-electron chi connectivity index (χ1n) is 14.2. The highest BCUT2D eigenvalue weighted by Gasteiger charge is 2.38. The molecule has 1 aliphatic heterocycles. The topological polar surface area (TPSA) is 93.2 Å². The van der Waals surface area contributed by atoms with Gasteiger partial charge in [-0.05, 0) is 34.9 Å². The third kappa shape index (κ3) is 6.25. The normalized spacial score (nSPS) is 21.3. The Bertz CT molecular complexity index is 1290. The first-order valence-corrected chi connectivity index (χ1v) is 14.2. The molecule has 2 aliphatic rings. The van der Waals surface area contributed by atoms with Crippen molar-refractivity contribution >= 4 is 11.8 Å². The molecule has 2 amide bonds. The third-order valence-electron chi connectivity index (χ3n) is 8.26. The minimum atomic E-state index is -0.600. The van der Waals surface area contributed by atoms with Crippen molar-refractivity contribution < 1.29 is 9.59 Å². The third-order valence-corrected chi connectivity index (χ3v) is 8.26. The standard InChI is InChI=1S/C32H41N5O2/c1-32(2,3)24-15-13-23(14-16-24)19-36-21-34-27-18-28(31(39)35-26-12-8-7-11-25(26)33)37(20-29(27)36)30(38)17-22-9-5-4-6-10-22/h4-6,9-10,13-16,21,25-26,28H,7-8,11-12,17-20,33H2,1-3H3,(H,35,39). The minimum absolute atomic E-state index is 0.0424. The summed E-state index contributed by atoms with van der Waals surface area (Å²) in [7, 11) is 0. The van der Waals surface area contributed by atoms with Crippen LogP contribution in [0.1, 0.15) is 74.5 Å². The zero-order valence-corrected chi connectivity index (χ0v) is 23.4. The molecule has 3 N–H and O–H groups in total. The van der Waals surface area contributed by atoms with Gasteiger partial charge in [0.1, 0.15) is 6.04 Å². The molecule has 2 aromatic carbocycles. The van der Waals surface area contributed by atoms with Gasteiger partial charge in [-0.25, -0.2) is 4.98 Å². The van der Waals surface area contributed by atoms with E-state index in [9.17, 15) is 9.59 Å². The average Bonchev–Trinajstić information content (AvgIpc) is 3.31. The van der Waals surface area contributed by atoms with E-state index >= 15 is 0 Å². The number of hydrogen-bond acceptors (Lipinski definition) is 4. The number of nitrogens with zero attached hydrogens (tertiary/aromatic N) is 3. The van der Waals surface area contributed by atoms with Crippen LogP contribution in [0.5, 0.6) is 0 Å². The van der Waals surface area contributed by atoms with E-state index < -0.39 is 6.04 Å². The molecule has 3 atom stereocenters. The van der Waals surface area contributed by atoms with Gasteiger partial charge in [0, 0.05) is 25.0 Å². The Balaban J connectivity index is 1.38. The van der Waals surface area contributed by atoms with Gasteiger partial charge in [-0.3, -0.25) is 9.59 Å². The summed E-state index contributed by atoms with van der Waals surface area (Å²) in [6, 6.07) is 17.7. The number of nitrogens with one attached hydrogen (secondary N) is 1. The van der Waals surface area contributed by atoms with Gasteiger partial charge < -0.3 is 20.5 Å². The van der Waals surface area contributed by atoms with Gasteiger partial charge in [0.2, 0.25) is 11.8 Å². The number of fused-ring (bicyclic) bond motifs is 1. The van der Waals surface area contributed by atoms with Crippen LogP contribution in [0.15, 0.2) is 60.9 Å². The molecule has 0 spiro atoms. The highest BCUT2D eigenvalue weighted by Crippen LogP contribution is 2.27. The molecule has 2 heterocycles. The summed E-state index contributed by atoms with van der Waals surface area (Å²) >= 11 is 0. The molecule has 0 saturated heterocycles. The summed E-state index contributed by atoms with van der Waals surface area (Å²) in [5, 5.41) is 3.19. The number of carbonyl (C=O) groups is 2. The van der Waals surface area contributed by atoms with Crippen molar-refractivity contribution in [2.45, 2.75) is 95.9 Å². The van der Waals surface area contributed by atoms with E-state index in [0.717, 1.165) is 42.6 Å². The quantitative estimate of drug-likeness (QED) is 0.505. The van der Waals surface area contributed by atoms with Gasteiger partial charge in [0.25, 0.3) is 0 Å². The van der Waals surface area contributed by atoms with Crippen molar-refractivity contribution in [1.82, 2.24) is 19.8 Å². The zero-order valence-electron chi connectivity index (χ0n) is 23.4. The molecular formula is C32H41N5O2. The zero-order chi connectivity index (χ0) is 27.6. The van der Waals surface area contributed by atoms with Gasteiger partial charge in [-0.15, -0.1) is 0 Å². The molecule has 1 aromatic heterocycles. The van der Waals surface area contributed by atoms with Gasteiger partial charge in [0.05, 0.1) is 30.7 Å². The summed E-state index contributed by atoms with van der Waals surface area (Å²) in [6.45, 7) is 7.66. The van der Waals surface area contributed by atoms with E-state index in [1.165, 1.54) is 11.1 Å². The Morgan fingerprint density at radius 3 is 2.41 bits per heavy atom. The smallest absolute Gasteiger partial charge is 0.243 e. The number of benzene rings is 2. The number of hydrogen-bond donors (Lipinski definition) is 2. The maximum atomic E-state index is 13.7. The lowest BCUT2D eigenvalue weighted by Crippen LogP contribution is -2.58. The van der Waals surface area contributed by atoms with Crippen LogP contribution in [0.3, 0.4) is 0 Å². The van der Waals surface area contributed by atoms with Crippen LogP contribution in [-0.4, -0.2) is 44.4 Å². The fourth-order valence-corrected chi connectivity index (χ4v) is 5.80. The Hall–Kier alpha value is -3.45. The Kier molecular flexibility index (Phi) is 7.89. The summed E-state index contributed by atoms with van der Waals surface area (Å²) in [5.41, 5.74) is 11.7. The maximum absolute atomic E-state index is 13.7. The van der Waals surface area contributed by atoms with E-state index in [1.807, 2.05) is 36.7 Å². The number of rotatable bonds is 6. The van der Waals surface area contributed by atoms with Crippen molar-refractivity contribution in [2.75, 3.05) is 0 Å². The van der Waals surface area contributed by atoms with Crippen molar-refractivity contribution in [3.8, 4) is 0 Å². The predicted octanol–water partition coefficient (Wildman–Crippen LogP) is 4.11. The SMILES string of the molecule is CC(C)(C)c1ccc(Cn2cnc3c2CN(C(=O)Cc2ccccc2)C(C(=O)NC2CCCCC2N)C3)cc1. The summed E-state index contributed by atoms with van der Waals surface area (Å²) in [5.74, 6) is -0.182. The fourth-order valence-electron chi connectivity index (χ4n) is 5.80. The highest BCUT2D eigenvalue weighted by atomic mass is 16.2. The van der Waals surface area contributed by atoms with Crippen LogP contribution >= 0.6 is 0 Å². The first-order chi connectivity index (χ1) is 18.7. The van der Waals surface area contributed by atoms with E-state index in [4.69, 9.17) is 10.7 Å². The number of amides is 2. The fraction of sp³-hybridized carbons (Fsp3) is 0.469. The van der Waals surface area contributed by atoms with E-state index in [1.54, 1.807) is 4.90 Å². The monoisotopic (exact) mass is 527 g/mol. The van der Waals surface area contributed by atoms with Gasteiger partial charge in [-0.2, -0.15) is 0 Å². The van der Waals surface area contributed by atoms with Crippen LogP contribution < -0.4 is 11.1 Å². The van der Waals surface area contributed by atoms with Crippen LogP contribution in [0.4, 0.5) is 0 Å². The van der Waals surface area contributed by atoms with Crippen LogP contribution in [-0.2, 0) is 40.9 Å². The van der Waals surface area contributed by atoms with E-state index in [-0.39, 0.29) is 35.7 Å². The molecule has 0 bridgehead atoms. The molecule has 206 valence electrons. The van der Waals surface area contributed by atoms with Crippen LogP contribution in [0.25, 0.3) is 0 Å². The van der Waals surface area contributed by atoms with E-state index in [2.05, 4.69) is 54.9 Å². The molecule has 7 nitrogen and oxygen atoms in total. The molecule has 3 unspecified atom stereocenters. The van der Waals surface area contributed by atoms with E-state index in [0.29, 0.717) is 19.5 Å². The molecule has 5 rings (SSSR count). The summed E-state index contributed by atoms with van der Waals surface area (Å²) in [6.07, 6.45) is 6.46. The highest BCUT2D eigenvalue weighted by molar-refractivity contribution is 5.89. The predicted molar refractivity (Wildman–Crippen MR) is 153 cm³/mol. The average molecular weight is 528 g/mol. The minimum Gasteiger partial charge on any atom is -0.350 e. The van der Waals surface area contributed by atoms with Crippen LogP contribution in [0, 0.1) is 0 Å². The number of imidazole rings is 1. The Labute approximate surface area is 231 Å². The lowest BCUT2D eigenvalue weighted by atomic mass is 9.87. The molecule has 1 fully saturated rings. The first kappa shape index (κ1) is 27.1. The largest absolute Gasteiger partial charge is 0.350 e. The Morgan fingerprint density at radius 2 is 1.72 bits per heavy atom. The number of carbonyl (C=O) groups excluding carboxylic acids is 2. The van der Waals surface area contributed by atoms with Crippen molar-refractivity contribution in [3.63, 3.8) is 0 Å². The lowest BCUT2D eigenvalue weighted by molar-refractivity contribution is -0.142. The van der Waals surface area contributed by atoms with Gasteiger partial charge >= 0.3 is 0 Å². The van der Waals surface area contributed by atoms with Gasteiger partial charge in [-0.1, -0.05) is 88.2 Å². The maximum Gasteiger partial charge on any atom is 0.243 e. The van der Waals surface area contributed by atoms with Crippen LogP contribution in [0.2, 0.25) is 0 Å². The summed E-state index contributed by atoms with van der Waals surface area (Å²) < 4.78 is 2.12. The molecule has 1 aliphatic carbocycles. The van der Waals surface area contributed by atoms with Crippen molar-refractivity contribution in [1.29, 1.82) is 0 Å².